The summed E-state index contributed by atoms with van der Waals surface area (Å²) in [6.07, 6.45) is -3.82. The number of nitrogens with zero attached hydrogens (tertiary/aromatic N) is 3. The third kappa shape index (κ3) is 5.46. The molecule has 6 nitrogen and oxygen atoms in total. The predicted molar refractivity (Wildman–Crippen MR) is 106 cm³/mol. The fourth-order valence-electron chi connectivity index (χ4n) is 4.35. The summed E-state index contributed by atoms with van der Waals surface area (Å²) in [5.41, 5.74) is 0.528. The molecule has 1 saturated heterocycles. The first-order valence-corrected chi connectivity index (χ1v) is 10.3. The van der Waals surface area contributed by atoms with Gasteiger partial charge in [0, 0.05) is 38.4 Å². The van der Waals surface area contributed by atoms with E-state index in [9.17, 15) is 18.0 Å². The van der Waals surface area contributed by atoms with Gasteiger partial charge in [-0.25, -0.2) is 9.78 Å². The fraction of sp³-hybridized carbons (Fsp3) is 0.455. The Labute approximate surface area is 178 Å². The zero-order chi connectivity index (χ0) is 22.0. The van der Waals surface area contributed by atoms with E-state index >= 15 is 0 Å². The Balaban J connectivity index is 1.46. The molecule has 9 heteroatoms. The summed E-state index contributed by atoms with van der Waals surface area (Å²) in [5.74, 6) is 1.33. The summed E-state index contributed by atoms with van der Waals surface area (Å²) < 4.78 is 47.1. The van der Waals surface area contributed by atoms with E-state index in [1.807, 2.05) is 0 Å². The Bertz CT molecular complexity index is 898. The number of alkyl halides is 3. The largest absolute Gasteiger partial charge is 0.573 e. The molecule has 0 N–H and O–H groups in total. The standard InChI is InChI=1S/C22H24F3N3O3/c1-2-27-12-17-18(13-27)19(17)14-28(21(29)30-20-8-3-4-9-26-20)11-15-6-5-7-16(10-15)31-22(23,24)25/h3-10,17-19H,2,11-14H2,1H3. The van der Waals surface area contributed by atoms with Crippen molar-refractivity contribution < 1.29 is 27.4 Å². The fourth-order valence-corrected chi connectivity index (χ4v) is 4.35. The van der Waals surface area contributed by atoms with Gasteiger partial charge in [-0.1, -0.05) is 25.1 Å². The second-order valence-electron chi connectivity index (χ2n) is 7.96. The number of likely N-dealkylation sites (tertiary alicyclic amines) is 1. The molecule has 1 amide bonds. The molecule has 1 aliphatic heterocycles. The summed E-state index contributed by atoms with van der Waals surface area (Å²) in [6, 6.07) is 10.7. The first-order valence-electron chi connectivity index (χ1n) is 10.3. The van der Waals surface area contributed by atoms with E-state index in [-0.39, 0.29) is 18.2 Å². The minimum absolute atomic E-state index is 0.119. The molecule has 2 unspecified atom stereocenters. The highest BCUT2D eigenvalue weighted by Gasteiger charge is 2.55. The van der Waals surface area contributed by atoms with Crippen LogP contribution in [0.5, 0.6) is 11.6 Å². The van der Waals surface area contributed by atoms with Crippen molar-refractivity contribution in [1.82, 2.24) is 14.8 Å². The maximum atomic E-state index is 12.9. The number of amides is 1. The minimum atomic E-state index is -4.77. The van der Waals surface area contributed by atoms with Crippen LogP contribution in [0.2, 0.25) is 0 Å². The second-order valence-corrected chi connectivity index (χ2v) is 7.96. The van der Waals surface area contributed by atoms with E-state index in [0.717, 1.165) is 19.6 Å². The van der Waals surface area contributed by atoms with Crippen LogP contribution in [-0.2, 0) is 6.54 Å². The van der Waals surface area contributed by atoms with E-state index in [1.165, 1.54) is 24.4 Å². The van der Waals surface area contributed by atoms with Crippen molar-refractivity contribution in [3.8, 4) is 11.6 Å². The van der Waals surface area contributed by atoms with Gasteiger partial charge < -0.3 is 19.3 Å². The van der Waals surface area contributed by atoms with Gasteiger partial charge in [0.25, 0.3) is 0 Å². The van der Waals surface area contributed by atoms with Gasteiger partial charge >= 0.3 is 12.5 Å². The molecule has 166 valence electrons. The van der Waals surface area contributed by atoms with Crippen molar-refractivity contribution in [2.45, 2.75) is 19.8 Å². The van der Waals surface area contributed by atoms with Crippen molar-refractivity contribution in [3.63, 3.8) is 0 Å². The number of hydrogen-bond acceptors (Lipinski definition) is 5. The molecule has 1 aromatic heterocycles. The van der Waals surface area contributed by atoms with Crippen LogP contribution in [0.3, 0.4) is 0 Å². The lowest BCUT2D eigenvalue weighted by atomic mass is 10.2. The molecule has 1 aromatic carbocycles. The molecule has 2 fully saturated rings. The topological polar surface area (TPSA) is 54.9 Å². The summed E-state index contributed by atoms with van der Waals surface area (Å²) in [6.45, 7) is 5.79. The first-order chi connectivity index (χ1) is 14.8. The summed E-state index contributed by atoms with van der Waals surface area (Å²) >= 11 is 0. The number of fused-ring (bicyclic) bond motifs is 1. The van der Waals surface area contributed by atoms with Crippen LogP contribution >= 0.6 is 0 Å². The van der Waals surface area contributed by atoms with E-state index in [0.29, 0.717) is 29.9 Å². The minimum Gasteiger partial charge on any atom is -0.406 e. The lowest BCUT2D eigenvalue weighted by molar-refractivity contribution is -0.274. The van der Waals surface area contributed by atoms with Crippen LogP contribution in [0.25, 0.3) is 0 Å². The van der Waals surface area contributed by atoms with Crippen LogP contribution in [0.15, 0.2) is 48.7 Å². The zero-order valence-corrected chi connectivity index (χ0v) is 17.1. The highest BCUT2D eigenvalue weighted by molar-refractivity contribution is 5.70. The van der Waals surface area contributed by atoms with Crippen molar-refractivity contribution in [2.24, 2.45) is 17.8 Å². The summed E-state index contributed by atoms with van der Waals surface area (Å²) in [4.78, 5) is 20.8. The van der Waals surface area contributed by atoms with Gasteiger partial charge in [0.05, 0.1) is 0 Å². The smallest absolute Gasteiger partial charge is 0.406 e. The van der Waals surface area contributed by atoms with Crippen LogP contribution in [0.4, 0.5) is 18.0 Å². The van der Waals surface area contributed by atoms with Gasteiger partial charge in [0.2, 0.25) is 5.88 Å². The van der Waals surface area contributed by atoms with Gasteiger partial charge in [-0.05, 0) is 48.1 Å². The normalized spacial score (nSPS) is 22.6. The summed E-state index contributed by atoms with van der Waals surface area (Å²) in [7, 11) is 0. The quantitative estimate of drug-likeness (QED) is 0.653. The van der Waals surface area contributed by atoms with Crippen LogP contribution in [0, 0.1) is 17.8 Å². The summed E-state index contributed by atoms with van der Waals surface area (Å²) in [5, 5.41) is 0. The second kappa shape index (κ2) is 8.74. The molecular formula is C22H24F3N3O3. The molecule has 0 spiro atoms. The number of carbonyl (C=O) groups excluding carboxylic acids is 1. The molecular weight excluding hydrogens is 411 g/mol. The average molecular weight is 435 g/mol. The average Bonchev–Trinajstić information content (AvgIpc) is 3.16. The van der Waals surface area contributed by atoms with Crippen molar-refractivity contribution in [3.05, 3.63) is 54.2 Å². The monoisotopic (exact) mass is 435 g/mol. The molecule has 4 rings (SSSR count). The van der Waals surface area contributed by atoms with E-state index < -0.39 is 12.5 Å². The lowest BCUT2D eigenvalue weighted by Crippen LogP contribution is -2.37. The molecule has 2 aromatic rings. The van der Waals surface area contributed by atoms with Gasteiger partial charge in [0.1, 0.15) is 5.75 Å². The number of benzene rings is 1. The van der Waals surface area contributed by atoms with E-state index in [2.05, 4.69) is 21.5 Å². The van der Waals surface area contributed by atoms with Gasteiger partial charge in [-0.3, -0.25) is 0 Å². The molecule has 0 bridgehead atoms. The van der Waals surface area contributed by atoms with E-state index in [4.69, 9.17) is 4.74 Å². The number of hydrogen-bond donors (Lipinski definition) is 0. The number of halogens is 3. The Morgan fingerprint density at radius 3 is 2.61 bits per heavy atom. The molecule has 2 atom stereocenters. The maximum Gasteiger partial charge on any atom is 0.573 e. The molecule has 1 saturated carbocycles. The molecule has 1 aliphatic carbocycles. The Kier molecular flexibility index (Phi) is 6.04. The molecule has 2 heterocycles. The SMILES string of the molecule is CCN1CC2C(C1)C2CN(Cc1cccc(OC(F)(F)F)c1)C(=O)Oc1ccccn1. The first kappa shape index (κ1) is 21.4. The number of ether oxygens (including phenoxy) is 2. The van der Waals surface area contributed by atoms with Gasteiger partial charge in [0.15, 0.2) is 0 Å². The van der Waals surface area contributed by atoms with Crippen LogP contribution in [0.1, 0.15) is 12.5 Å². The maximum absolute atomic E-state index is 12.9. The van der Waals surface area contributed by atoms with E-state index in [1.54, 1.807) is 29.2 Å². The number of piperidine rings is 1. The highest BCUT2D eigenvalue weighted by Crippen LogP contribution is 2.52. The predicted octanol–water partition coefficient (Wildman–Crippen LogP) is 4.18. The molecule has 2 aliphatic rings. The zero-order valence-electron chi connectivity index (χ0n) is 17.1. The van der Waals surface area contributed by atoms with Crippen molar-refractivity contribution in [2.75, 3.05) is 26.2 Å². The third-order valence-corrected chi connectivity index (χ3v) is 5.92. The number of carbonyl (C=O) groups is 1. The van der Waals surface area contributed by atoms with Crippen molar-refractivity contribution >= 4 is 6.09 Å². The Hall–Kier alpha value is -2.81. The molecule has 0 radical (unpaired) electrons. The molecule has 31 heavy (non-hydrogen) atoms. The van der Waals surface area contributed by atoms with Gasteiger partial charge in [-0.2, -0.15) is 0 Å². The Morgan fingerprint density at radius 2 is 1.97 bits per heavy atom. The number of pyridine rings is 1. The van der Waals surface area contributed by atoms with Crippen LogP contribution < -0.4 is 9.47 Å². The van der Waals surface area contributed by atoms with Crippen LogP contribution in [-0.4, -0.2) is 53.4 Å². The lowest BCUT2D eigenvalue weighted by Gasteiger charge is -2.24. The highest BCUT2D eigenvalue weighted by atomic mass is 19.4. The Morgan fingerprint density at radius 1 is 1.19 bits per heavy atom. The number of aromatic nitrogens is 1. The van der Waals surface area contributed by atoms with Crippen molar-refractivity contribution in [1.29, 1.82) is 0 Å². The van der Waals surface area contributed by atoms with Gasteiger partial charge in [-0.15, -0.1) is 13.2 Å². The third-order valence-electron chi connectivity index (χ3n) is 5.92. The number of rotatable bonds is 7.